The van der Waals surface area contributed by atoms with Crippen molar-refractivity contribution in [2.45, 2.75) is 26.8 Å². The molecular formula is C17H19NO4. The number of pyridine rings is 1. The van der Waals surface area contributed by atoms with Crippen molar-refractivity contribution in [3.05, 3.63) is 51.8 Å². The molecule has 0 bridgehead atoms. The average Bonchev–Trinajstić information content (AvgIpc) is 2.49. The van der Waals surface area contributed by atoms with E-state index in [2.05, 4.69) is 0 Å². The number of carbonyl (C=O) groups is 1. The molecule has 1 aromatic heterocycles. The molecule has 0 fully saturated rings. The number of aromatic carboxylic acids is 1. The van der Waals surface area contributed by atoms with E-state index in [-0.39, 0.29) is 5.56 Å². The number of rotatable bonds is 5. The van der Waals surface area contributed by atoms with Crippen LogP contribution < -0.4 is 10.3 Å². The first-order chi connectivity index (χ1) is 10.5. The number of aryl methyl sites for hydroxylation is 1. The predicted molar refractivity (Wildman–Crippen MR) is 84.7 cm³/mol. The molecule has 5 nitrogen and oxygen atoms in total. The Bertz CT molecular complexity index is 762. The molecule has 0 atom stereocenters. The Balaban J connectivity index is 2.64. The van der Waals surface area contributed by atoms with Gasteiger partial charge >= 0.3 is 5.97 Å². The van der Waals surface area contributed by atoms with Crippen molar-refractivity contribution in [3.8, 4) is 17.0 Å². The molecule has 2 aromatic rings. The molecule has 0 aliphatic rings. The van der Waals surface area contributed by atoms with Crippen LogP contribution >= 0.6 is 0 Å². The number of hydrogen-bond acceptors (Lipinski definition) is 3. The number of nitrogens with zero attached hydrogens (tertiary/aromatic N) is 1. The number of ether oxygens (including phenoxy) is 1. The van der Waals surface area contributed by atoms with Crippen LogP contribution in [0.5, 0.6) is 5.75 Å². The van der Waals surface area contributed by atoms with Crippen molar-refractivity contribution in [2.24, 2.45) is 0 Å². The summed E-state index contributed by atoms with van der Waals surface area (Å²) in [6.07, 6.45) is 0.741. The van der Waals surface area contributed by atoms with Gasteiger partial charge in [0.2, 0.25) is 0 Å². The highest BCUT2D eigenvalue weighted by atomic mass is 16.5. The zero-order valence-corrected chi connectivity index (χ0v) is 12.9. The van der Waals surface area contributed by atoms with Crippen LogP contribution in [0, 0.1) is 6.92 Å². The molecule has 5 heteroatoms. The highest BCUT2D eigenvalue weighted by Gasteiger charge is 2.15. The van der Waals surface area contributed by atoms with Gasteiger partial charge in [0.25, 0.3) is 5.56 Å². The number of benzene rings is 1. The first-order valence-electron chi connectivity index (χ1n) is 7.11. The zero-order chi connectivity index (χ0) is 16.3. The zero-order valence-electron chi connectivity index (χ0n) is 12.9. The molecule has 116 valence electrons. The predicted octanol–water partition coefficient (Wildman–Crippen LogP) is 2.94. The van der Waals surface area contributed by atoms with E-state index >= 15 is 0 Å². The summed E-state index contributed by atoms with van der Waals surface area (Å²) in [6, 6.07) is 8.69. The van der Waals surface area contributed by atoms with E-state index < -0.39 is 11.5 Å². The third-order valence-electron chi connectivity index (χ3n) is 3.54. The second kappa shape index (κ2) is 6.47. The Labute approximate surface area is 128 Å². The van der Waals surface area contributed by atoms with Gasteiger partial charge in [0.1, 0.15) is 11.3 Å². The van der Waals surface area contributed by atoms with E-state index in [0.29, 0.717) is 12.2 Å². The van der Waals surface area contributed by atoms with Gasteiger partial charge in [0.15, 0.2) is 0 Å². The second-order valence-corrected chi connectivity index (χ2v) is 5.08. The number of carboxylic acid groups (broad SMARTS) is 1. The summed E-state index contributed by atoms with van der Waals surface area (Å²) in [5.74, 6) is -0.428. The first-order valence-corrected chi connectivity index (χ1v) is 7.11. The van der Waals surface area contributed by atoms with Crippen LogP contribution in [0.3, 0.4) is 0 Å². The number of carboxylic acids is 1. The topological polar surface area (TPSA) is 68.5 Å². The molecule has 0 unspecified atom stereocenters. The summed E-state index contributed by atoms with van der Waals surface area (Å²) in [6.45, 7) is 4.35. The maximum absolute atomic E-state index is 12.4. The summed E-state index contributed by atoms with van der Waals surface area (Å²) in [5.41, 5.74) is 1.85. The molecule has 0 spiro atoms. The van der Waals surface area contributed by atoms with Crippen LogP contribution in [0.25, 0.3) is 11.3 Å². The van der Waals surface area contributed by atoms with Crippen molar-refractivity contribution >= 4 is 5.97 Å². The van der Waals surface area contributed by atoms with Gasteiger partial charge in [-0.2, -0.15) is 0 Å². The fourth-order valence-corrected chi connectivity index (χ4v) is 2.48. The average molecular weight is 301 g/mol. The molecule has 2 rings (SSSR count). The van der Waals surface area contributed by atoms with Gasteiger partial charge in [-0.15, -0.1) is 0 Å². The lowest BCUT2D eigenvalue weighted by atomic mass is 10.1. The standard InChI is InChI=1S/C17H19NO4/c1-4-9-18-14(7-6-13(16(18)19)17(20)21)12-5-8-15(22-3)11(2)10-12/h5-8,10H,4,9H2,1-3H3,(H,20,21). The van der Waals surface area contributed by atoms with Crippen molar-refractivity contribution in [2.75, 3.05) is 7.11 Å². The van der Waals surface area contributed by atoms with Gasteiger partial charge in [-0.1, -0.05) is 6.92 Å². The monoisotopic (exact) mass is 301 g/mol. The molecule has 0 saturated heterocycles. The van der Waals surface area contributed by atoms with Gasteiger partial charge < -0.3 is 14.4 Å². The first kappa shape index (κ1) is 15.8. The summed E-state index contributed by atoms with van der Waals surface area (Å²) < 4.78 is 6.76. The Morgan fingerprint density at radius 1 is 1.27 bits per heavy atom. The van der Waals surface area contributed by atoms with Gasteiger partial charge in [0, 0.05) is 6.54 Å². The van der Waals surface area contributed by atoms with E-state index in [1.54, 1.807) is 13.2 Å². The fourth-order valence-electron chi connectivity index (χ4n) is 2.48. The highest BCUT2D eigenvalue weighted by molar-refractivity contribution is 5.87. The lowest BCUT2D eigenvalue weighted by Crippen LogP contribution is -2.27. The van der Waals surface area contributed by atoms with Crippen molar-refractivity contribution in [1.82, 2.24) is 4.57 Å². The molecule has 0 aliphatic carbocycles. The maximum atomic E-state index is 12.4. The van der Waals surface area contributed by atoms with Crippen molar-refractivity contribution < 1.29 is 14.6 Å². The van der Waals surface area contributed by atoms with Crippen LogP contribution in [0.4, 0.5) is 0 Å². The van der Waals surface area contributed by atoms with Crippen molar-refractivity contribution in [3.63, 3.8) is 0 Å². The number of hydrogen-bond donors (Lipinski definition) is 1. The van der Waals surface area contributed by atoms with Gasteiger partial charge in [0.05, 0.1) is 12.8 Å². The molecule has 22 heavy (non-hydrogen) atoms. The molecule has 0 aliphatic heterocycles. The SMILES string of the molecule is CCCn1c(-c2ccc(OC)c(C)c2)ccc(C(=O)O)c1=O. The minimum absolute atomic E-state index is 0.206. The molecular weight excluding hydrogens is 282 g/mol. The fraction of sp³-hybridized carbons (Fsp3) is 0.294. The number of methoxy groups -OCH3 is 1. The summed E-state index contributed by atoms with van der Waals surface area (Å²) in [5, 5.41) is 9.10. The van der Waals surface area contributed by atoms with Crippen LogP contribution in [0.1, 0.15) is 29.3 Å². The highest BCUT2D eigenvalue weighted by Crippen LogP contribution is 2.25. The lowest BCUT2D eigenvalue weighted by Gasteiger charge is -2.14. The Kier molecular flexibility index (Phi) is 4.65. The Morgan fingerprint density at radius 3 is 2.55 bits per heavy atom. The molecule has 1 heterocycles. The van der Waals surface area contributed by atoms with E-state index in [1.807, 2.05) is 32.0 Å². The second-order valence-electron chi connectivity index (χ2n) is 5.08. The summed E-state index contributed by atoms with van der Waals surface area (Å²) in [7, 11) is 1.61. The summed E-state index contributed by atoms with van der Waals surface area (Å²) >= 11 is 0. The Hall–Kier alpha value is -2.56. The molecule has 0 radical (unpaired) electrons. The lowest BCUT2D eigenvalue weighted by molar-refractivity contribution is 0.0694. The molecule has 0 saturated carbocycles. The van der Waals surface area contributed by atoms with E-state index in [9.17, 15) is 9.59 Å². The van der Waals surface area contributed by atoms with Gasteiger partial charge in [-0.05, 0) is 54.8 Å². The van der Waals surface area contributed by atoms with E-state index in [0.717, 1.165) is 23.3 Å². The van der Waals surface area contributed by atoms with Crippen LogP contribution in [0.15, 0.2) is 35.1 Å². The van der Waals surface area contributed by atoms with Crippen LogP contribution in [-0.2, 0) is 6.54 Å². The minimum Gasteiger partial charge on any atom is -0.496 e. The molecule has 0 amide bonds. The van der Waals surface area contributed by atoms with E-state index in [4.69, 9.17) is 9.84 Å². The maximum Gasteiger partial charge on any atom is 0.341 e. The quantitative estimate of drug-likeness (QED) is 0.922. The normalized spacial score (nSPS) is 10.5. The Morgan fingerprint density at radius 2 is 2.00 bits per heavy atom. The summed E-state index contributed by atoms with van der Waals surface area (Å²) in [4.78, 5) is 23.5. The molecule has 1 aromatic carbocycles. The smallest absolute Gasteiger partial charge is 0.341 e. The van der Waals surface area contributed by atoms with Crippen molar-refractivity contribution in [1.29, 1.82) is 0 Å². The minimum atomic E-state index is -1.20. The largest absolute Gasteiger partial charge is 0.496 e. The van der Waals surface area contributed by atoms with E-state index in [1.165, 1.54) is 10.6 Å². The third kappa shape index (κ3) is 2.88. The number of aromatic nitrogens is 1. The van der Waals surface area contributed by atoms with Crippen LogP contribution in [-0.4, -0.2) is 22.8 Å². The third-order valence-corrected chi connectivity index (χ3v) is 3.54. The van der Waals surface area contributed by atoms with Gasteiger partial charge in [-0.25, -0.2) is 4.79 Å². The van der Waals surface area contributed by atoms with Crippen LogP contribution in [0.2, 0.25) is 0 Å². The van der Waals surface area contributed by atoms with Gasteiger partial charge in [-0.3, -0.25) is 4.79 Å². The molecule has 1 N–H and O–H groups in total.